The molecule has 20 heavy (non-hydrogen) atoms. The first-order valence-corrected chi connectivity index (χ1v) is 6.38. The van der Waals surface area contributed by atoms with Crippen LogP contribution < -0.4 is 0 Å². The van der Waals surface area contributed by atoms with Crippen molar-refractivity contribution in [1.29, 1.82) is 0 Å². The van der Waals surface area contributed by atoms with Crippen LogP contribution in [0.3, 0.4) is 0 Å². The molecule has 2 aromatic rings. The van der Waals surface area contributed by atoms with Crippen LogP contribution in [0.25, 0.3) is 17.4 Å². The van der Waals surface area contributed by atoms with Crippen LogP contribution >= 0.6 is 11.6 Å². The van der Waals surface area contributed by atoms with E-state index in [4.69, 9.17) is 20.8 Å². The second-order valence-electron chi connectivity index (χ2n) is 3.92. The Morgan fingerprint density at radius 3 is 2.90 bits per heavy atom. The van der Waals surface area contributed by atoms with Crippen LogP contribution in [0.5, 0.6) is 0 Å². The van der Waals surface area contributed by atoms with E-state index in [0.717, 1.165) is 0 Å². The van der Waals surface area contributed by atoms with Crippen molar-refractivity contribution in [3.05, 3.63) is 53.0 Å². The summed E-state index contributed by atoms with van der Waals surface area (Å²) in [4.78, 5) is 11.2. The minimum atomic E-state index is -0.482. The van der Waals surface area contributed by atoms with E-state index in [2.05, 4.69) is 0 Å². The molecule has 0 aliphatic heterocycles. The highest BCUT2D eigenvalue weighted by Gasteiger charge is 2.07. The number of halogens is 2. The van der Waals surface area contributed by atoms with Crippen LogP contribution in [0.4, 0.5) is 4.39 Å². The SMILES string of the molecule is CCOC(=O)/C=C/c1ccc(-c2ccc(F)c(Cl)c2)o1. The molecule has 2 rings (SSSR count). The summed E-state index contributed by atoms with van der Waals surface area (Å²) in [5.74, 6) is 0.114. The predicted octanol–water partition coefficient (Wildman–Crippen LogP) is 4.32. The Morgan fingerprint density at radius 2 is 2.20 bits per heavy atom. The van der Waals surface area contributed by atoms with Crippen molar-refractivity contribution in [3.8, 4) is 11.3 Å². The Bertz CT molecular complexity index is 646. The van der Waals surface area contributed by atoms with E-state index in [1.807, 2.05) is 0 Å². The quantitative estimate of drug-likeness (QED) is 0.623. The van der Waals surface area contributed by atoms with E-state index < -0.39 is 11.8 Å². The average Bonchev–Trinajstić information content (AvgIpc) is 2.89. The van der Waals surface area contributed by atoms with Crippen LogP contribution in [0.2, 0.25) is 5.02 Å². The second kappa shape index (κ2) is 6.39. The van der Waals surface area contributed by atoms with Gasteiger partial charge >= 0.3 is 5.97 Å². The number of carbonyl (C=O) groups excluding carboxylic acids is 1. The third-order valence-corrected chi connectivity index (χ3v) is 2.79. The fourth-order valence-corrected chi connectivity index (χ4v) is 1.77. The fraction of sp³-hybridized carbons (Fsp3) is 0.133. The number of furan rings is 1. The van der Waals surface area contributed by atoms with Gasteiger partial charge in [0.25, 0.3) is 0 Å². The number of esters is 1. The molecule has 3 nitrogen and oxygen atoms in total. The highest BCUT2D eigenvalue weighted by molar-refractivity contribution is 6.31. The monoisotopic (exact) mass is 294 g/mol. The van der Waals surface area contributed by atoms with E-state index in [0.29, 0.717) is 23.7 Å². The van der Waals surface area contributed by atoms with E-state index in [9.17, 15) is 9.18 Å². The summed E-state index contributed by atoms with van der Waals surface area (Å²) in [5.41, 5.74) is 0.659. The van der Waals surface area contributed by atoms with Gasteiger partial charge in [-0.1, -0.05) is 11.6 Å². The van der Waals surface area contributed by atoms with Gasteiger partial charge in [-0.2, -0.15) is 0 Å². The lowest BCUT2D eigenvalue weighted by molar-refractivity contribution is -0.137. The molecule has 0 fully saturated rings. The molecule has 0 saturated heterocycles. The molecular weight excluding hydrogens is 283 g/mol. The molecule has 0 atom stereocenters. The minimum Gasteiger partial charge on any atom is -0.463 e. The van der Waals surface area contributed by atoms with Crippen molar-refractivity contribution < 1.29 is 18.3 Å². The topological polar surface area (TPSA) is 39.4 Å². The summed E-state index contributed by atoms with van der Waals surface area (Å²) < 4.78 is 23.4. The maximum absolute atomic E-state index is 13.1. The lowest BCUT2D eigenvalue weighted by Gasteiger charge is -1.98. The lowest BCUT2D eigenvalue weighted by atomic mass is 10.2. The van der Waals surface area contributed by atoms with Crippen LogP contribution in [-0.4, -0.2) is 12.6 Å². The van der Waals surface area contributed by atoms with Gasteiger partial charge in [-0.3, -0.25) is 0 Å². The van der Waals surface area contributed by atoms with Crippen molar-refractivity contribution in [2.75, 3.05) is 6.61 Å². The van der Waals surface area contributed by atoms with Crippen molar-refractivity contribution in [2.45, 2.75) is 6.92 Å². The molecule has 0 aliphatic rings. The predicted molar refractivity (Wildman–Crippen MR) is 74.8 cm³/mol. The van der Waals surface area contributed by atoms with Gasteiger partial charge in [0, 0.05) is 11.6 Å². The highest BCUT2D eigenvalue weighted by Crippen LogP contribution is 2.26. The summed E-state index contributed by atoms with van der Waals surface area (Å²) in [7, 11) is 0. The Morgan fingerprint density at radius 1 is 1.40 bits per heavy atom. The zero-order chi connectivity index (χ0) is 14.5. The van der Waals surface area contributed by atoms with Gasteiger partial charge in [0.05, 0.1) is 11.6 Å². The van der Waals surface area contributed by atoms with Gasteiger partial charge in [-0.25, -0.2) is 9.18 Å². The number of ether oxygens (including phenoxy) is 1. The van der Waals surface area contributed by atoms with Crippen molar-refractivity contribution in [1.82, 2.24) is 0 Å². The van der Waals surface area contributed by atoms with Gasteiger partial charge in [0.2, 0.25) is 0 Å². The van der Waals surface area contributed by atoms with E-state index in [1.165, 1.54) is 24.3 Å². The molecule has 0 N–H and O–H groups in total. The summed E-state index contributed by atoms with van der Waals surface area (Å²) in [5, 5.41) is 0.0301. The number of rotatable bonds is 4. The van der Waals surface area contributed by atoms with Crippen molar-refractivity contribution >= 4 is 23.6 Å². The number of benzene rings is 1. The highest BCUT2D eigenvalue weighted by atomic mass is 35.5. The Kier molecular flexibility index (Phi) is 4.58. The Balaban J connectivity index is 2.16. The zero-order valence-corrected chi connectivity index (χ0v) is 11.5. The summed E-state index contributed by atoms with van der Waals surface area (Å²) in [6.07, 6.45) is 2.79. The standard InChI is InChI=1S/C15H12ClFO3/c1-2-19-15(18)8-5-11-4-7-14(20-11)10-3-6-13(17)12(16)9-10/h3-9H,2H2,1H3/b8-5+. The molecule has 5 heteroatoms. The molecule has 0 amide bonds. The molecule has 0 saturated carbocycles. The van der Waals surface area contributed by atoms with Crippen LogP contribution in [-0.2, 0) is 9.53 Å². The maximum Gasteiger partial charge on any atom is 0.330 e. The Labute approximate surface area is 120 Å². The number of carbonyl (C=O) groups is 1. The van der Waals surface area contributed by atoms with Gasteiger partial charge in [0.15, 0.2) is 0 Å². The molecule has 1 heterocycles. The normalized spacial score (nSPS) is 10.9. The molecule has 104 valence electrons. The molecule has 0 bridgehead atoms. The number of hydrogen-bond donors (Lipinski definition) is 0. The fourth-order valence-electron chi connectivity index (χ4n) is 1.59. The molecule has 0 spiro atoms. The Hall–Kier alpha value is -2.07. The minimum absolute atomic E-state index is 0.0301. The van der Waals surface area contributed by atoms with Gasteiger partial charge in [-0.05, 0) is 43.3 Å². The molecule has 1 aromatic heterocycles. The third kappa shape index (κ3) is 3.48. The van der Waals surface area contributed by atoms with E-state index in [-0.39, 0.29) is 5.02 Å². The molecule has 1 aromatic carbocycles. The first kappa shape index (κ1) is 14.3. The van der Waals surface area contributed by atoms with E-state index >= 15 is 0 Å². The van der Waals surface area contributed by atoms with Gasteiger partial charge in [-0.15, -0.1) is 0 Å². The van der Waals surface area contributed by atoms with Crippen LogP contribution in [0, 0.1) is 5.82 Å². The molecular formula is C15H12ClFO3. The first-order valence-electron chi connectivity index (χ1n) is 6.00. The van der Waals surface area contributed by atoms with E-state index in [1.54, 1.807) is 25.1 Å². The molecule has 0 aliphatic carbocycles. The zero-order valence-electron chi connectivity index (χ0n) is 10.7. The first-order chi connectivity index (χ1) is 9.60. The second-order valence-corrected chi connectivity index (χ2v) is 4.32. The number of hydrogen-bond acceptors (Lipinski definition) is 3. The molecule has 0 unspecified atom stereocenters. The summed E-state index contributed by atoms with van der Waals surface area (Å²) >= 11 is 5.72. The summed E-state index contributed by atoms with van der Waals surface area (Å²) in [6.45, 7) is 2.05. The average molecular weight is 295 g/mol. The molecule has 0 radical (unpaired) electrons. The summed E-state index contributed by atoms with van der Waals surface area (Å²) in [6, 6.07) is 7.73. The van der Waals surface area contributed by atoms with Crippen molar-refractivity contribution in [3.63, 3.8) is 0 Å². The maximum atomic E-state index is 13.1. The lowest BCUT2D eigenvalue weighted by Crippen LogP contribution is -1.98. The van der Waals surface area contributed by atoms with Gasteiger partial charge in [0.1, 0.15) is 17.3 Å². The van der Waals surface area contributed by atoms with Crippen LogP contribution in [0.15, 0.2) is 40.8 Å². The smallest absolute Gasteiger partial charge is 0.330 e. The van der Waals surface area contributed by atoms with Gasteiger partial charge < -0.3 is 9.15 Å². The third-order valence-electron chi connectivity index (χ3n) is 2.50. The van der Waals surface area contributed by atoms with Crippen LogP contribution in [0.1, 0.15) is 12.7 Å². The van der Waals surface area contributed by atoms with Crippen molar-refractivity contribution in [2.24, 2.45) is 0 Å². The largest absolute Gasteiger partial charge is 0.463 e.